The minimum Gasteiger partial charge on any atom is -0.478 e. The SMILES string of the molecule is CC(CCCC(C)(C)O)Cc1nn(-c2ccc(C(C)(C)C)cc2)c(C(C)C)c1C(=O)O. The van der Waals surface area contributed by atoms with Crippen LogP contribution in [0.15, 0.2) is 24.3 Å². The Morgan fingerprint density at radius 3 is 2.10 bits per heavy atom. The largest absolute Gasteiger partial charge is 0.478 e. The van der Waals surface area contributed by atoms with E-state index in [1.165, 1.54) is 5.56 Å². The molecule has 0 aliphatic heterocycles. The van der Waals surface area contributed by atoms with Crippen LogP contribution < -0.4 is 0 Å². The molecule has 2 aromatic rings. The number of aromatic nitrogens is 2. The van der Waals surface area contributed by atoms with Crippen LogP contribution in [0, 0.1) is 5.92 Å². The number of hydrogen-bond acceptors (Lipinski definition) is 3. The second-order valence-electron chi connectivity index (χ2n) is 10.9. The van der Waals surface area contributed by atoms with Crippen molar-refractivity contribution < 1.29 is 15.0 Å². The van der Waals surface area contributed by atoms with Crippen molar-refractivity contribution in [1.82, 2.24) is 9.78 Å². The topological polar surface area (TPSA) is 75.4 Å². The molecular weight excluding hydrogens is 388 g/mol. The Labute approximate surface area is 187 Å². The van der Waals surface area contributed by atoms with Gasteiger partial charge in [0, 0.05) is 0 Å². The van der Waals surface area contributed by atoms with E-state index in [2.05, 4.69) is 39.8 Å². The van der Waals surface area contributed by atoms with Crippen LogP contribution in [0.1, 0.15) is 108 Å². The zero-order valence-electron chi connectivity index (χ0n) is 20.5. The van der Waals surface area contributed by atoms with Crippen LogP contribution in [0.3, 0.4) is 0 Å². The highest BCUT2D eigenvalue weighted by Gasteiger charge is 2.27. The van der Waals surface area contributed by atoms with Gasteiger partial charge >= 0.3 is 5.97 Å². The lowest BCUT2D eigenvalue weighted by molar-refractivity contribution is 0.0669. The molecule has 0 aliphatic carbocycles. The third-order valence-electron chi connectivity index (χ3n) is 5.76. The van der Waals surface area contributed by atoms with Crippen molar-refractivity contribution >= 4 is 5.97 Å². The summed E-state index contributed by atoms with van der Waals surface area (Å²) in [5, 5.41) is 24.8. The van der Waals surface area contributed by atoms with E-state index in [1.807, 2.05) is 44.5 Å². The van der Waals surface area contributed by atoms with E-state index < -0.39 is 11.6 Å². The number of hydrogen-bond donors (Lipinski definition) is 2. The Balaban J connectivity index is 2.39. The first kappa shape index (κ1) is 25.1. The number of rotatable bonds is 9. The van der Waals surface area contributed by atoms with Crippen molar-refractivity contribution in [2.75, 3.05) is 0 Å². The van der Waals surface area contributed by atoms with Crippen LogP contribution in [0.25, 0.3) is 5.69 Å². The zero-order valence-corrected chi connectivity index (χ0v) is 20.5. The number of carbonyl (C=O) groups is 1. The second kappa shape index (κ2) is 9.56. The first-order chi connectivity index (χ1) is 14.2. The fourth-order valence-electron chi connectivity index (χ4n) is 4.00. The number of carboxylic acid groups (broad SMARTS) is 1. The summed E-state index contributed by atoms with van der Waals surface area (Å²) in [4.78, 5) is 12.2. The zero-order chi connectivity index (χ0) is 23.6. The molecule has 1 unspecified atom stereocenters. The van der Waals surface area contributed by atoms with Gasteiger partial charge in [0.15, 0.2) is 0 Å². The van der Waals surface area contributed by atoms with Crippen LogP contribution >= 0.6 is 0 Å². The maximum Gasteiger partial charge on any atom is 0.339 e. The first-order valence-electron chi connectivity index (χ1n) is 11.4. The number of nitrogens with zero attached hydrogens (tertiary/aromatic N) is 2. The van der Waals surface area contributed by atoms with E-state index >= 15 is 0 Å². The minimum atomic E-state index is -0.917. The molecule has 2 N–H and O–H groups in total. The van der Waals surface area contributed by atoms with Crippen molar-refractivity contribution in [2.24, 2.45) is 5.92 Å². The number of aliphatic hydroxyl groups is 1. The highest BCUT2D eigenvalue weighted by Crippen LogP contribution is 2.30. The fraction of sp³-hybridized carbons (Fsp3) is 0.615. The molecule has 31 heavy (non-hydrogen) atoms. The highest BCUT2D eigenvalue weighted by molar-refractivity contribution is 5.90. The van der Waals surface area contributed by atoms with E-state index in [0.717, 1.165) is 30.6 Å². The molecule has 1 atom stereocenters. The van der Waals surface area contributed by atoms with Gasteiger partial charge in [-0.2, -0.15) is 5.10 Å². The van der Waals surface area contributed by atoms with E-state index in [-0.39, 0.29) is 17.3 Å². The summed E-state index contributed by atoms with van der Waals surface area (Å²) in [6, 6.07) is 8.25. The molecule has 0 bridgehead atoms. The van der Waals surface area contributed by atoms with Crippen molar-refractivity contribution in [1.29, 1.82) is 0 Å². The van der Waals surface area contributed by atoms with Gasteiger partial charge in [0.1, 0.15) is 5.56 Å². The summed E-state index contributed by atoms with van der Waals surface area (Å²) in [6.07, 6.45) is 3.17. The van der Waals surface area contributed by atoms with Crippen LogP contribution in [-0.4, -0.2) is 31.6 Å². The maximum atomic E-state index is 12.2. The minimum absolute atomic E-state index is 0.0279. The van der Waals surface area contributed by atoms with E-state index in [4.69, 9.17) is 5.10 Å². The Kier molecular flexibility index (Phi) is 7.75. The summed E-state index contributed by atoms with van der Waals surface area (Å²) >= 11 is 0. The van der Waals surface area contributed by atoms with Crippen molar-refractivity contribution in [2.45, 2.75) is 98.0 Å². The van der Waals surface area contributed by atoms with Gasteiger partial charge in [0.05, 0.1) is 22.7 Å². The van der Waals surface area contributed by atoms with Gasteiger partial charge in [-0.3, -0.25) is 0 Å². The van der Waals surface area contributed by atoms with Gasteiger partial charge in [-0.25, -0.2) is 9.48 Å². The Morgan fingerprint density at radius 1 is 1.06 bits per heavy atom. The number of benzene rings is 1. The normalized spacial score (nSPS) is 13.6. The number of carboxylic acids is 1. The molecule has 5 heteroatoms. The summed E-state index contributed by atoms with van der Waals surface area (Å²) in [5.74, 6) is -0.604. The smallest absolute Gasteiger partial charge is 0.339 e. The molecule has 1 aromatic heterocycles. The predicted molar refractivity (Wildman–Crippen MR) is 126 cm³/mol. The summed E-state index contributed by atoms with van der Waals surface area (Å²) in [7, 11) is 0. The monoisotopic (exact) mass is 428 g/mol. The number of aromatic carboxylic acids is 1. The molecule has 0 saturated carbocycles. The lowest BCUT2D eigenvalue weighted by Crippen LogP contribution is -2.18. The van der Waals surface area contributed by atoms with Gasteiger partial charge in [0.2, 0.25) is 0 Å². The molecule has 0 amide bonds. The molecule has 0 saturated heterocycles. The van der Waals surface area contributed by atoms with Crippen molar-refractivity contribution in [3.05, 3.63) is 46.8 Å². The quantitative estimate of drug-likeness (QED) is 0.505. The molecule has 172 valence electrons. The predicted octanol–water partition coefficient (Wildman–Crippen LogP) is 6.11. The Bertz CT molecular complexity index is 881. The first-order valence-corrected chi connectivity index (χ1v) is 11.4. The molecular formula is C26H40N2O3. The standard InChI is InChI=1S/C26H40N2O3/c1-17(2)23-22(24(29)30)21(16-18(3)10-9-15-26(7,8)31)27-28(23)20-13-11-19(12-14-20)25(4,5)6/h11-14,17-18,31H,9-10,15-16H2,1-8H3,(H,29,30). The van der Waals surface area contributed by atoms with Gasteiger partial charge < -0.3 is 10.2 Å². The fourth-order valence-corrected chi connectivity index (χ4v) is 4.00. The van der Waals surface area contributed by atoms with Gasteiger partial charge in [0.25, 0.3) is 0 Å². The maximum absolute atomic E-state index is 12.2. The lowest BCUT2D eigenvalue weighted by Gasteiger charge is -2.19. The Hall–Kier alpha value is -2.14. The van der Waals surface area contributed by atoms with Crippen molar-refractivity contribution in [3.8, 4) is 5.69 Å². The van der Waals surface area contributed by atoms with Crippen LogP contribution in [0.5, 0.6) is 0 Å². The molecule has 0 fully saturated rings. The molecule has 0 radical (unpaired) electrons. The summed E-state index contributed by atoms with van der Waals surface area (Å²) in [5.41, 5.74) is 3.23. The lowest BCUT2D eigenvalue weighted by atomic mass is 9.87. The molecule has 5 nitrogen and oxygen atoms in total. The van der Waals surface area contributed by atoms with E-state index in [9.17, 15) is 15.0 Å². The highest BCUT2D eigenvalue weighted by atomic mass is 16.4. The summed E-state index contributed by atoms with van der Waals surface area (Å²) < 4.78 is 1.82. The van der Waals surface area contributed by atoms with E-state index in [0.29, 0.717) is 17.7 Å². The van der Waals surface area contributed by atoms with Crippen LogP contribution in [0.2, 0.25) is 0 Å². The second-order valence-corrected chi connectivity index (χ2v) is 10.9. The van der Waals surface area contributed by atoms with Gasteiger partial charge in [-0.05, 0) is 61.6 Å². The van der Waals surface area contributed by atoms with Crippen LogP contribution in [-0.2, 0) is 11.8 Å². The average molecular weight is 429 g/mol. The third-order valence-corrected chi connectivity index (χ3v) is 5.76. The molecule has 2 rings (SSSR count). The van der Waals surface area contributed by atoms with Crippen molar-refractivity contribution in [3.63, 3.8) is 0 Å². The van der Waals surface area contributed by atoms with Crippen LogP contribution in [0.4, 0.5) is 0 Å². The third kappa shape index (κ3) is 6.67. The molecule has 0 aliphatic rings. The Morgan fingerprint density at radius 2 is 1.65 bits per heavy atom. The van der Waals surface area contributed by atoms with Gasteiger partial charge in [-0.15, -0.1) is 0 Å². The summed E-state index contributed by atoms with van der Waals surface area (Å²) in [6.45, 7) is 16.3. The average Bonchev–Trinajstić information content (AvgIpc) is 2.99. The van der Waals surface area contributed by atoms with E-state index in [1.54, 1.807) is 0 Å². The molecule has 1 heterocycles. The van der Waals surface area contributed by atoms with Gasteiger partial charge in [-0.1, -0.05) is 66.5 Å². The molecule has 0 spiro atoms. The molecule has 1 aromatic carbocycles.